The lowest BCUT2D eigenvalue weighted by molar-refractivity contribution is 0.319. The van der Waals surface area contributed by atoms with E-state index >= 15 is 0 Å². The van der Waals surface area contributed by atoms with Gasteiger partial charge in [-0.3, -0.25) is 0 Å². The van der Waals surface area contributed by atoms with Crippen LogP contribution in [0, 0.1) is 0 Å². The second kappa shape index (κ2) is 7.52. The first-order chi connectivity index (χ1) is 13.4. The van der Waals surface area contributed by atoms with E-state index in [0.29, 0.717) is 19.6 Å². The lowest BCUT2D eigenvalue weighted by atomic mass is 9.94. The van der Waals surface area contributed by atoms with E-state index in [9.17, 15) is 8.42 Å². The van der Waals surface area contributed by atoms with E-state index in [1.54, 1.807) is 10.6 Å². The molecule has 148 valence electrons. The standard InChI is InChI=1S/C20H25N5O2S/c1-24-14-22-19-18(24)12-17(16-8-10-25(11-9-16)28(2,26)27)23-20(19)21-13-15-6-4-3-5-7-15/h3-7,12,14,16H,8-11,13H2,1-2H3,(H,21,23). The first kappa shape index (κ1) is 18.9. The van der Waals surface area contributed by atoms with Gasteiger partial charge in [0.15, 0.2) is 5.82 Å². The third-order valence-electron chi connectivity index (χ3n) is 5.38. The Morgan fingerprint density at radius 1 is 1.18 bits per heavy atom. The van der Waals surface area contributed by atoms with Crippen LogP contribution in [-0.2, 0) is 23.6 Å². The van der Waals surface area contributed by atoms with Gasteiger partial charge in [0, 0.05) is 38.3 Å². The molecule has 1 aliphatic heterocycles. The van der Waals surface area contributed by atoms with Gasteiger partial charge in [0.25, 0.3) is 0 Å². The summed E-state index contributed by atoms with van der Waals surface area (Å²) in [6, 6.07) is 12.3. The molecule has 1 N–H and O–H groups in total. The van der Waals surface area contributed by atoms with Crippen molar-refractivity contribution in [3.05, 3.63) is 54.0 Å². The number of hydrogen-bond donors (Lipinski definition) is 1. The lowest BCUT2D eigenvalue weighted by Gasteiger charge is -2.30. The van der Waals surface area contributed by atoms with Gasteiger partial charge in [-0.15, -0.1) is 0 Å². The molecule has 0 spiro atoms. The molecule has 1 aromatic carbocycles. The van der Waals surface area contributed by atoms with E-state index in [1.807, 2.05) is 29.8 Å². The van der Waals surface area contributed by atoms with Crippen LogP contribution in [0.25, 0.3) is 11.0 Å². The minimum atomic E-state index is -3.12. The van der Waals surface area contributed by atoms with Crippen LogP contribution in [0.3, 0.4) is 0 Å². The van der Waals surface area contributed by atoms with E-state index in [2.05, 4.69) is 28.5 Å². The number of aryl methyl sites for hydroxylation is 1. The van der Waals surface area contributed by atoms with Gasteiger partial charge >= 0.3 is 0 Å². The maximum absolute atomic E-state index is 11.8. The van der Waals surface area contributed by atoms with Crippen LogP contribution in [0.1, 0.15) is 30.0 Å². The molecule has 8 heteroatoms. The maximum Gasteiger partial charge on any atom is 0.211 e. The highest BCUT2D eigenvalue weighted by Crippen LogP contribution is 2.31. The van der Waals surface area contributed by atoms with Crippen molar-refractivity contribution in [3.63, 3.8) is 0 Å². The molecule has 3 aromatic rings. The average Bonchev–Trinajstić information content (AvgIpc) is 3.07. The molecular weight excluding hydrogens is 374 g/mol. The number of fused-ring (bicyclic) bond motifs is 1. The van der Waals surface area contributed by atoms with Gasteiger partial charge in [-0.05, 0) is 24.5 Å². The molecule has 28 heavy (non-hydrogen) atoms. The van der Waals surface area contributed by atoms with Gasteiger partial charge in [-0.2, -0.15) is 0 Å². The van der Waals surface area contributed by atoms with Crippen molar-refractivity contribution in [2.45, 2.75) is 25.3 Å². The molecule has 3 heterocycles. The molecule has 0 bridgehead atoms. The molecular formula is C20H25N5O2S. The molecule has 2 aromatic heterocycles. The Balaban J connectivity index is 1.60. The molecule has 0 saturated carbocycles. The van der Waals surface area contributed by atoms with E-state index in [4.69, 9.17) is 4.98 Å². The fourth-order valence-corrected chi connectivity index (χ4v) is 4.62. The topological polar surface area (TPSA) is 80.1 Å². The van der Waals surface area contributed by atoms with Crippen LogP contribution in [0.4, 0.5) is 5.82 Å². The quantitative estimate of drug-likeness (QED) is 0.714. The number of benzene rings is 1. The Kier molecular flexibility index (Phi) is 5.07. The SMILES string of the molecule is Cn1cnc2c(NCc3ccccc3)nc(C3CCN(S(C)(=O)=O)CC3)cc21. The lowest BCUT2D eigenvalue weighted by Crippen LogP contribution is -2.37. The number of piperidine rings is 1. The van der Waals surface area contributed by atoms with Crippen molar-refractivity contribution in [2.24, 2.45) is 7.05 Å². The summed E-state index contributed by atoms with van der Waals surface area (Å²) in [5, 5.41) is 3.44. The normalized spacial score (nSPS) is 16.5. The number of pyridine rings is 1. The minimum Gasteiger partial charge on any atom is -0.364 e. The molecule has 0 amide bonds. The smallest absolute Gasteiger partial charge is 0.211 e. The highest BCUT2D eigenvalue weighted by molar-refractivity contribution is 7.88. The monoisotopic (exact) mass is 399 g/mol. The summed E-state index contributed by atoms with van der Waals surface area (Å²) in [7, 11) is -1.15. The molecule has 0 unspecified atom stereocenters. The average molecular weight is 400 g/mol. The van der Waals surface area contributed by atoms with Crippen LogP contribution in [0.15, 0.2) is 42.7 Å². The molecule has 1 aliphatic rings. The zero-order chi connectivity index (χ0) is 19.7. The summed E-state index contributed by atoms with van der Waals surface area (Å²) in [6.07, 6.45) is 4.64. The summed E-state index contributed by atoms with van der Waals surface area (Å²) in [5.74, 6) is 1.03. The molecule has 0 radical (unpaired) electrons. The van der Waals surface area contributed by atoms with Crippen molar-refractivity contribution >= 4 is 26.9 Å². The molecule has 0 aliphatic carbocycles. The molecule has 4 rings (SSSR count). The first-order valence-corrected chi connectivity index (χ1v) is 11.3. The number of aromatic nitrogens is 3. The minimum absolute atomic E-state index is 0.245. The van der Waals surface area contributed by atoms with Crippen molar-refractivity contribution in [1.29, 1.82) is 0 Å². The van der Waals surface area contributed by atoms with Gasteiger partial charge < -0.3 is 9.88 Å². The van der Waals surface area contributed by atoms with Crippen molar-refractivity contribution in [2.75, 3.05) is 24.7 Å². The first-order valence-electron chi connectivity index (χ1n) is 9.46. The number of rotatable bonds is 5. The number of sulfonamides is 1. The largest absolute Gasteiger partial charge is 0.364 e. The van der Waals surface area contributed by atoms with E-state index in [0.717, 1.165) is 35.4 Å². The highest BCUT2D eigenvalue weighted by atomic mass is 32.2. The number of nitrogens with one attached hydrogen (secondary N) is 1. The van der Waals surface area contributed by atoms with E-state index in [-0.39, 0.29) is 5.92 Å². The zero-order valence-corrected chi connectivity index (χ0v) is 17.0. The van der Waals surface area contributed by atoms with Crippen molar-refractivity contribution in [3.8, 4) is 0 Å². The van der Waals surface area contributed by atoms with Gasteiger partial charge in [0.2, 0.25) is 10.0 Å². The number of imidazole rings is 1. The number of anilines is 1. The van der Waals surface area contributed by atoms with E-state index < -0.39 is 10.0 Å². The van der Waals surface area contributed by atoms with Crippen LogP contribution < -0.4 is 5.32 Å². The third kappa shape index (κ3) is 3.88. The van der Waals surface area contributed by atoms with Crippen molar-refractivity contribution < 1.29 is 8.42 Å². The molecule has 1 saturated heterocycles. The summed E-state index contributed by atoms with van der Waals surface area (Å²) in [6.45, 7) is 1.76. The number of hydrogen-bond acceptors (Lipinski definition) is 5. The van der Waals surface area contributed by atoms with Gasteiger partial charge in [0.05, 0.1) is 18.1 Å². The molecule has 0 atom stereocenters. The molecule has 7 nitrogen and oxygen atoms in total. The summed E-state index contributed by atoms with van der Waals surface area (Å²) >= 11 is 0. The van der Waals surface area contributed by atoms with Crippen LogP contribution in [0.5, 0.6) is 0 Å². The molecule has 1 fully saturated rings. The second-order valence-electron chi connectivity index (χ2n) is 7.39. The summed E-state index contributed by atoms with van der Waals surface area (Å²) < 4.78 is 27.1. The van der Waals surface area contributed by atoms with E-state index in [1.165, 1.54) is 11.8 Å². The highest BCUT2D eigenvalue weighted by Gasteiger charge is 2.27. The van der Waals surface area contributed by atoms with Gasteiger partial charge in [-0.25, -0.2) is 22.7 Å². The van der Waals surface area contributed by atoms with Crippen molar-refractivity contribution in [1.82, 2.24) is 18.8 Å². The van der Waals surface area contributed by atoms with Crippen LogP contribution >= 0.6 is 0 Å². The Morgan fingerprint density at radius 3 is 2.57 bits per heavy atom. The Bertz CT molecular complexity index is 1070. The summed E-state index contributed by atoms with van der Waals surface area (Å²) in [4.78, 5) is 9.40. The predicted octanol–water partition coefficient (Wildman–Crippen LogP) is 2.72. The second-order valence-corrected chi connectivity index (χ2v) is 9.38. The Labute approximate surface area is 165 Å². The Morgan fingerprint density at radius 2 is 1.89 bits per heavy atom. The van der Waals surface area contributed by atoms with Gasteiger partial charge in [-0.1, -0.05) is 30.3 Å². The van der Waals surface area contributed by atoms with Gasteiger partial charge in [0.1, 0.15) is 5.52 Å². The fraction of sp³-hybridized carbons (Fsp3) is 0.400. The zero-order valence-electron chi connectivity index (χ0n) is 16.2. The summed E-state index contributed by atoms with van der Waals surface area (Å²) in [5.41, 5.74) is 4.07. The maximum atomic E-state index is 11.8. The number of nitrogens with zero attached hydrogens (tertiary/aromatic N) is 4. The third-order valence-corrected chi connectivity index (χ3v) is 6.68. The van der Waals surface area contributed by atoms with Crippen LogP contribution in [0.2, 0.25) is 0 Å². The Hall–Kier alpha value is -2.45. The van der Waals surface area contributed by atoms with Crippen LogP contribution in [-0.4, -0.2) is 46.6 Å². The fourth-order valence-electron chi connectivity index (χ4n) is 3.74. The predicted molar refractivity (Wildman–Crippen MR) is 111 cm³/mol.